The van der Waals surface area contributed by atoms with E-state index in [1.807, 2.05) is 0 Å². The average molecular weight is 98.1 g/mol. The highest BCUT2D eigenvalue weighted by Gasteiger charge is 2.12. The third-order valence-corrected chi connectivity index (χ3v) is 1.42. The van der Waals surface area contributed by atoms with Gasteiger partial charge in [0.15, 0.2) is 0 Å². The highest BCUT2D eigenvalue weighted by molar-refractivity contribution is 4.90. The lowest BCUT2D eigenvalue weighted by molar-refractivity contribution is 0.159. The Bertz CT molecular complexity index is 86.2. The van der Waals surface area contributed by atoms with E-state index in [2.05, 4.69) is 19.9 Å². The van der Waals surface area contributed by atoms with E-state index in [1.54, 1.807) is 6.26 Å². The van der Waals surface area contributed by atoms with E-state index < -0.39 is 0 Å². The molecule has 7 heavy (non-hydrogen) atoms. The molecule has 1 rings (SSSR count). The normalized spacial score (nSPS) is 38.6. The first kappa shape index (κ1) is 4.69. The first-order chi connectivity index (χ1) is 3.30. The molecule has 0 amide bonds. The monoisotopic (exact) mass is 98.1 g/mol. The predicted octanol–water partition coefficient (Wildman–Crippen LogP) is 1.55. The van der Waals surface area contributed by atoms with Crippen molar-refractivity contribution in [2.45, 2.75) is 20.0 Å². The summed E-state index contributed by atoms with van der Waals surface area (Å²) in [7, 11) is 0. The molecule has 0 N–H and O–H groups in total. The van der Waals surface area contributed by atoms with Crippen LogP contribution in [0.3, 0.4) is 0 Å². The minimum Gasteiger partial charge on any atom is -0.498 e. The molecular formula is C6H10O. The molecule has 1 aliphatic heterocycles. The topological polar surface area (TPSA) is 9.23 Å². The maximum atomic E-state index is 5.08. The maximum absolute atomic E-state index is 5.08. The highest BCUT2D eigenvalue weighted by Crippen LogP contribution is 2.14. The minimum atomic E-state index is 0.403. The fraction of sp³-hybridized carbons (Fsp3) is 0.667. The molecule has 2 atom stereocenters. The zero-order chi connectivity index (χ0) is 5.28. The maximum Gasteiger partial charge on any atom is 0.101 e. The summed E-state index contributed by atoms with van der Waals surface area (Å²) in [5.41, 5.74) is 0. The Labute approximate surface area is 44.0 Å². The predicted molar refractivity (Wildman–Crippen MR) is 28.9 cm³/mol. The van der Waals surface area contributed by atoms with Crippen molar-refractivity contribution in [1.82, 2.24) is 0 Å². The summed E-state index contributed by atoms with van der Waals surface area (Å²) in [6.07, 6.45) is 4.25. The molecule has 0 aromatic rings. The molecule has 1 nitrogen and oxygen atoms in total. The molecule has 1 heterocycles. The van der Waals surface area contributed by atoms with Crippen LogP contribution < -0.4 is 0 Å². The van der Waals surface area contributed by atoms with Crippen LogP contribution in [0.15, 0.2) is 12.3 Å². The molecule has 0 radical (unpaired) electrons. The summed E-state index contributed by atoms with van der Waals surface area (Å²) in [5.74, 6) is 0.611. The van der Waals surface area contributed by atoms with Crippen molar-refractivity contribution in [3.63, 3.8) is 0 Å². The lowest BCUT2D eigenvalue weighted by atomic mass is 10.1. The minimum absolute atomic E-state index is 0.403. The first-order valence-electron chi connectivity index (χ1n) is 2.63. The Morgan fingerprint density at radius 2 is 2.14 bits per heavy atom. The summed E-state index contributed by atoms with van der Waals surface area (Å²) in [6.45, 7) is 4.22. The van der Waals surface area contributed by atoms with Crippen LogP contribution in [0.4, 0.5) is 0 Å². The average Bonchev–Trinajstić information content (AvgIpc) is 1.91. The van der Waals surface area contributed by atoms with Gasteiger partial charge >= 0.3 is 0 Å². The van der Waals surface area contributed by atoms with E-state index in [0.29, 0.717) is 12.0 Å². The molecule has 0 bridgehead atoms. The molecule has 0 aliphatic carbocycles. The highest BCUT2D eigenvalue weighted by atomic mass is 16.5. The van der Waals surface area contributed by atoms with Crippen molar-refractivity contribution >= 4 is 0 Å². The second kappa shape index (κ2) is 1.57. The zero-order valence-corrected chi connectivity index (χ0v) is 4.72. The second-order valence-electron chi connectivity index (χ2n) is 2.03. The zero-order valence-electron chi connectivity index (χ0n) is 4.72. The summed E-state index contributed by atoms with van der Waals surface area (Å²) < 4.78 is 5.08. The van der Waals surface area contributed by atoms with Gasteiger partial charge in [0, 0.05) is 5.92 Å². The molecule has 0 saturated heterocycles. The summed E-state index contributed by atoms with van der Waals surface area (Å²) >= 11 is 0. The van der Waals surface area contributed by atoms with Crippen LogP contribution in [0.1, 0.15) is 13.8 Å². The molecule has 1 heteroatoms. The van der Waals surface area contributed by atoms with E-state index in [4.69, 9.17) is 4.74 Å². The molecule has 0 spiro atoms. The van der Waals surface area contributed by atoms with Gasteiger partial charge in [-0.25, -0.2) is 0 Å². The van der Waals surface area contributed by atoms with Crippen molar-refractivity contribution in [3.05, 3.63) is 12.3 Å². The molecule has 0 unspecified atom stereocenters. The number of ether oxygens (including phenoxy) is 1. The second-order valence-corrected chi connectivity index (χ2v) is 2.03. The van der Waals surface area contributed by atoms with Crippen LogP contribution in [0.25, 0.3) is 0 Å². The number of rotatable bonds is 0. The van der Waals surface area contributed by atoms with Gasteiger partial charge in [0.25, 0.3) is 0 Å². The van der Waals surface area contributed by atoms with Gasteiger partial charge in [-0.05, 0) is 13.0 Å². The fourth-order valence-electron chi connectivity index (χ4n) is 0.574. The van der Waals surface area contributed by atoms with Crippen molar-refractivity contribution in [2.24, 2.45) is 5.92 Å². The van der Waals surface area contributed by atoms with Crippen molar-refractivity contribution in [3.8, 4) is 0 Å². The van der Waals surface area contributed by atoms with Crippen molar-refractivity contribution in [1.29, 1.82) is 0 Å². The van der Waals surface area contributed by atoms with Gasteiger partial charge in [0.2, 0.25) is 0 Å². The van der Waals surface area contributed by atoms with Gasteiger partial charge in [0.05, 0.1) is 6.26 Å². The standard InChI is InChI=1S/C6H10O/c1-5-3-4-7-6(5)2/h3-6H,1-2H3/t5-,6+/m0/s1. The Kier molecular flexibility index (Phi) is 1.05. The molecule has 40 valence electrons. The van der Waals surface area contributed by atoms with Crippen LogP contribution in [0, 0.1) is 5.92 Å². The molecular weight excluding hydrogens is 88.1 g/mol. The Balaban J connectivity index is 2.45. The lowest BCUT2D eigenvalue weighted by Crippen LogP contribution is -2.06. The van der Waals surface area contributed by atoms with E-state index in [-0.39, 0.29) is 0 Å². The third kappa shape index (κ3) is 0.763. The Morgan fingerprint density at radius 1 is 1.43 bits per heavy atom. The molecule has 0 aromatic heterocycles. The molecule has 0 aromatic carbocycles. The van der Waals surface area contributed by atoms with E-state index in [0.717, 1.165) is 0 Å². The van der Waals surface area contributed by atoms with Crippen LogP contribution >= 0.6 is 0 Å². The summed E-state index contributed by atoms with van der Waals surface area (Å²) in [6, 6.07) is 0. The van der Waals surface area contributed by atoms with Gasteiger partial charge in [0.1, 0.15) is 6.10 Å². The molecule has 1 aliphatic rings. The van der Waals surface area contributed by atoms with Gasteiger partial charge in [-0.1, -0.05) is 6.92 Å². The molecule has 0 fully saturated rings. The summed E-state index contributed by atoms with van der Waals surface area (Å²) in [4.78, 5) is 0. The number of hydrogen-bond acceptors (Lipinski definition) is 1. The Hall–Kier alpha value is -0.460. The van der Waals surface area contributed by atoms with Crippen LogP contribution in [-0.2, 0) is 4.74 Å². The largest absolute Gasteiger partial charge is 0.498 e. The van der Waals surface area contributed by atoms with Crippen LogP contribution in [-0.4, -0.2) is 6.10 Å². The van der Waals surface area contributed by atoms with Gasteiger partial charge in [-0.2, -0.15) is 0 Å². The van der Waals surface area contributed by atoms with E-state index in [1.165, 1.54) is 0 Å². The van der Waals surface area contributed by atoms with Crippen LogP contribution in [0.5, 0.6) is 0 Å². The smallest absolute Gasteiger partial charge is 0.101 e. The quantitative estimate of drug-likeness (QED) is 0.446. The Morgan fingerprint density at radius 3 is 2.29 bits per heavy atom. The number of hydrogen-bond donors (Lipinski definition) is 0. The van der Waals surface area contributed by atoms with Gasteiger partial charge < -0.3 is 4.74 Å². The first-order valence-corrected chi connectivity index (χ1v) is 2.63. The third-order valence-electron chi connectivity index (χ3n) is 1.42. The van der Waals surface area contributed by atoms with Gasteiger partial charge in [-0.15, -0.1) is 0 Å². The van der Waals surface area contributed by atoms with Crippen molar-refractivity contribution < 1.29 is 4.74 Å². The van der Waals surface area contributed by atoms with E-state index >= 15 is 0 Å². The SMILES string of the molecule is C[C@H]1C=CO[C@@H]1C. The van der Waals surface area contributed by atoms with Gasteiger partial charge in [-0.3, -0.25) is 0 Å². The van der Waals surface area contributed by atoms with Crippen molar-refractivity contribution in [2.75, 3.05) is 0 Å². The fourth-order valence-corrected chi connectivity index (χ4v) is 0.574. The van der Waals surface area contributed by atoms with E-state index in [9.17, 15) is 0 Å². The lowest BCUT2D eigenvalue weighted by Gasteiger charge is -2.05. The summed E-state index contributed by atoms with van der Waals surface area (Å²) in [5, 5.41) is 0. The van der Waals surface area contributed by atoms with Crippen LogP contribution in [0.2, 0.25) is 0 Å². The molecule has 0 saturated carbocycles.